The molecule has 1 aromatic rings. The minimum atomic E-state index is -0.115. The lowest BCUT2D eigenvalue weighted by atomic mass is 9.63. The maximum atomic E-state index is 11.9. The van der Waals surface area contributed by atoms with Gasteiger partial charge in [-0.2, -0.15) is 5.26 Å². The van der Waals surface area contributed by atoms with E-state index in [1.807, 2.05) is 12.1 Å². The highest BCUT2D eigenvalue weighted by molar-refractivity contribution is 5.59. The van der Waals surface area contributed by atoms with Gasteiger partial charge < -0.3 is 4.79 Å². The second-order valence-corrected chi connectivity index (χ2v) is 10.6. The lowest BCUT2D eigenvalue weighted by molar-refractivity contribution is -0.119. The summed E-state index contributed by atoms with van der Waals surface area (Å²) in [6.07, 6.45) is 25.5. The Morgan fingerprint density at radius 2 is 1.67 bits per heavy atom. The topological polar surface area (TPSA) is 40.9 Å². The van der Waals surface area contributed by atoms with Crippen LogP contribution >= 0.6 is 0 Å². The second-order valence-electron chi connectivity index (χ2n) is 10.6. The van der Waals surface area contributed by atoms with Crippen molar-refractivity contribution in [2.45, 2.75) is 103 Å². The average Bonchev–Trinajstić information content (AvgIpc) is 2.87. The number of hydrogen-bond donors (Lipinski definition) is 0. The summed E-state index contributed by atoms with van der Waals surface area (Å²) >= 11 is 0. The molecule has 0 spiro atoms. The number of allylic oxidation sites excluding steroid dienone is 4. The Labute approximate surface area is 202 Å². The van der Waals surface area contributed by atoms with Gasteiger partial charge in [-0.1, -0.05) is 62.3 Å². The van der Waals surface area contributed by atoms with Crippen molar-refractivity contribution in [2.24, 2.45) is 17.3 Å². The molecule has 1 aromatic carbocycles. The maximum Gasteiger partial charge on any atom is 0.126 e. The van der Waals surface area contributed by atoms with Crippen LogP contribution in [-0.2, 0) is 11.2 Å². The Bertz CT molecular complexity index is 796. The van der Waals surface area contributed by atoms with Gasteiger partial charge >= 0.3 is 0 Å². The summed E-state index contributed by atoms with van der Waals surface area (Å²) in [5.74, 6) is 2.41. The van der Waals surface area contributed by atoms with Crippen molar-refractivity contribution in [3.8, 4) is 6.07 Å². The molecule has 0 atom stereocenters. The van der Waals surface area contributed by atoms with E-state index in [9.17, 15) is 4.79 Å². The SMILES string of the molecule is CCCCCc1ccc([C@H]2CC[C@H]([C@H]3CC[C@](C=O)(CCC=CC=CC#N)CC3)CC2)cc1. The third kappa shape index (κ3) is 7.70. The summed E-state index contributed by atoms with van der Waals surface area (Å²) < 4.78 is 0. The zero-order chi connectivity index (χ0) is 23.4. The van der Waals surface area contributed by atoms with E-state index in [2.05, 4.69) is 37.3 Å². The van der Waals surface area contributed by atoms with Crippen LogP contribution in [0.5, 0.6) is 0 Å². The normalized spacial score (nSPS) is 28.2. The fourth-order valence-electron chi connectivity index (χ4n) is 6.22. The van der Waals surface area contributed by atoms with Crippen LogP contribution in [0.1, 0.15) is 107 Å². The van der Waals surface area contributed by atoms with Gasteiger partial charge in [0.25, 0.3) is 0 Å². The predicted octanol–water partition coefficient (Wildman–Crippen LogP) is 8.48. The highest BCUT2D eigenvalue weighted by Crippen LogP contribution is 2.48. The van der Waals surface area contributed by atoms with Crippen LogP contribution in [0.15, 0.2) is 48.6 Å². The first-order chi connectivity index (χ1) is 16.2. The van der Waals surface area contributed by atoms with E-state index in [1.54, 1.807) is 11.6 Å². The highest BCUT2D eigenvalue weighted by Gasteiger charge is 2.38. The molecule has 2 saturated carbocycles. The smallest absolute Gasteiger partial charge is 0.126 e. The molecule has 0 aromatic heterocycles. The third-order valence-corrected chi connectivity index (χ3v) is 8.46. The van der Waals surface area contributed by atoms with Gasteiger partial charge in [0.2, 0.25) is 0 Å². The molecule has 178 valence electrons. The molecule has 0 bridgehead atoms. The zero-order valence-corrected chi connectivity index (χ0v) is 20.7. The van der Waals surface area contributed by atoms with Crippen LogP contribution in [0.25, 0.3) is 0 Å². The lowest BCUT2D eigenvalue weighted by Crippen LogP contribution is -2.32. The van der Waals surface area contributed by atoms with E-state index in [0.717, 1.165) is 43.4 Å². The standard InChI is InChI=1S/C31H43NO/c1-2-3-7-10-26-11-13-27(14-12-26)28-15-17-29(18-16-28)30-19-22-31(25-33,23-20-30)21-8-5-4-6-9-24-32/h4-6,9,11-14,25,28-30H,2-3,7-8,10,15-23H2,1H3/t28-,29-,30-,31+. The van der Waals surface area contributed by atoms with Crippen LogP contribution < -0.4 is 0 Å². The van der Waals surface area contributed by atoms with Crippen molar-refractivity contribution < 1.29 is 4.79 Å². The Kier molecular flexibility index (Phi) is 10.5. The molecule has 0 unspecified atom stereocenters. The summed E-state index contributed by atoms with van der Waals surface area (Å²) in [4.78, 5) is 11.9. The average molecular weight is 446 g/mol. The Morgan fingerprint density at radius 1 is 0.970 bits per heavy atom. The van der Waals surface area contributed by atoms with Crippen molar-refractivity contribution in [1.82, 2.24) is 0 Å². The van der Waals surface area contributed by atoms with Crippen LogP contribution in [0.3, 0.4) is 0 Å². The summed E-state index contributed by atoms with van der Waals surface area (Å²) in [6.45, 7) is 2.27. The fraction of sp³-hybridized carbons (Fsp3) is 0.613. The van der Waals surface area contributed by atoms with E-state index < -0.39 is 0 Å². The van der Waals surface area contributed by atoms with Crippen LogP contribution in [-0.4, -0.2) is 6.29 Å². The Hall–Kier alpha value is -2.14. The molecule has 0 saturated heterocycles. The molecule has 2 aliphatic rings. The molecule has 0 N–H and O–H groups in total. The van der Waals surface area contributed by atoms with Gasteiger partial charge in [0, 0.05) is 11.5 Å². The number of benzene rings is 1. The van der Waals surface area contributed by atoms with Crippen molar-refractivity contribution in [3.05, 3.63) is 59.7 Å². The molecule has 2 heteroatoms. The largest absolute Gasteiger partial charge is 0.303 e. The zero-order valence-electron chi connectivity index (χ0n) is 20.7. The number of aldehydes is 1. The highest BCUT2D eigenvalue weighted by atomic mass is 16.1. The lowest BCUT2D eigenvalue weighted by Gasteiger charge is -2.41. The predicted molar refractivity (Wildman–Crippen MR) is 138 cm³/mol. The van der Waals surface area contributed by atoms with Crippen LogP contribution in [0, 0.1) is 28.6 Å². The molecule has 2 nitrogen and oxygen atoms in total. The van der Waals surface area contributed by atoms with Crippen molar-refractivity contribution >= 4 is 6.29 Å². The van der Waals surface area contributed by atoms with Gasteiger partial charge in [0.15, 0.2) is 0 Å². The number of unbranched alkanes of at least 4 members (excludes halogenated alkanes) is 2. The summed E-state index contributed by atoms with van der Waals surface area (Å²) in [6, 6.07) is 11.5. The molecule has 3 rings (SSSR count). The number of carbonyl (C=O) groups excluding carboxylic acids is 1. The molecule has 0 amide bonds. The number of rotatable bonds is 11. The molecule has 0 aliphatic heterocycles. The van der Waals surface area contributed by atoms with Crippen LogP contribution in [0.2, 0.25) is 0 Å². The first-order valence-electron chi connectivity index (χ1n) is 13.5. The van der Waals surface area contributed by atoms with E-state index >= 15 is 0 Å². The monoisotopic (exact) mass is 445 g/mol. The summed E-state index contributed by atoms with van der Waals surface area (Å²) in [5.41, 5.74) is 2.93. The second kappa shape index (κ2) is 13.5. The van der Waals surface area contributed by atoms with Gasteiger partial charge in [-0.15, -0.1) is 0 Å². The van der Waals surface area contributed by atoms with Crippen LogP contribution in [0.4, 0.5) is 0 Å². The molecule has 0 heterocycles. The number of aryl methyl sites for hydroxylation is 1. The molecule has 2 fully saturated rings. The van der Waals surface area contributed by atoms with E-state index in [-0.39, 0.29) is 5.41 Å². The quantitative estimate of drug-likeness (QED) is 0.148. The minimum absolute atomic E-state index is 0.115. The van der Waals surface area contributed by atoms with Crippen molar-refractivity contribution in [2.75, 3.05) is 0 Å². The van der Waals surface area contributed by atoms with Gasteiger partial charge in [0.05, 0.1) is 6.07 Å². The first-order valence-corrected chi connectivity index (χ1v) is 13.5. The number of nitriles is 1. The number of carbonyl (C=O) groups is 1. The minimum Gasteiger partial charge on any atom is -0.303 e. The van der Waals surface area contributed by atoms with Gasteiger partial charge in [0.1, 0.15) is 6.29 Å². The number of nitrogens with zero attached hydrogens (tertiary/aromatic N) is 1. The van der Waals surface area contributed by atoms with Crippen molar-refractivity contribution in [1.29, 1.82) is 5.26 Å². The first kappa shape index (κ1) is 25.5. The van der Waals surface area contributed by atoms with Gasteiger partial charge in [-0.3, -0.25) is 0 Å². The maximum absolute atomic E-state index is 11.9. The molecule has 2 aliphatic carbocycles. The van der Waals surface area contributed by atoms with Crippen molar-refractivity contribution in [3.63, 3.8) is 0 Å². The molecular weight excluding hydrogens is 402 g/mol. The molecule has 0 radical (unpaired) electrons. The number of hydrogen-bond acceptors (Lipinski definition) is 2. The van der Waals surface area contributed by atoms with Gasteiger partial charge in [-0.05, 0) is 106 Å². The summed E-state index contributed by atoms with van der Waals surface area (Å²) in [7, 11) is 0. The van der Waals surface area contributed by atoms with E-state index in [4.69, 9.17) is 5.26 Å². The summed E-state index contributed by atoms with van der Waals surface area (Å²) in [5, 5.41) is 8.54. The van der Waals surface area contributed by atoms with E-state index in [0.29, 0.717) is 0 Å². The Balaban J connectivity index is 1.41. The molecular formula is C31H43NO. The van der Waals surface area contributed by atoms with Gasteiger partial charge in [-0.25, -0.2) is 0 Å². The fourth-order valence-corrected chi connectivity index (χ4v) is 6.22. The van der Waals surface area contributed by atoms with E-state index in [1.165, 1.54) is 82.1 Å². The molecule has 33 heavy (non-hydrogen) atoms. The Morgan fingerprint density at radius 3 is 2.30 bits per heavy atom. The third-order valence-electron chi connectivity index (χ3n) is 8.46.